The Labute approximate surface area is 115 Å². The highest BCUT2D eigenvalue weighted by Gasteiger charge is 2.19. The summed E-state index contributed by atoms with van der Waals surface area (Å²) < 4.78 is 0. The fourth-order valence-corrected chi connectivity index (χ4v) is 2.27. The Bertz CT molecular complexity index is 628. The Kier molecular flexibility index (Phi) is 3.44. The van der Waals surface area contributed by atoms with E-state index in [4.69, 9.17) is 5.26 Å². The van der Waals surface area contributed by atoms with Crippen molar-refractivity contribution in [2.45, 2.75) is 33.1 Å². The van der Waals surface area contributed by atoms with E-state index in [1.807, 2.05) is 13.8 Å². The van der Waals surface area contributed by atoms with Crippen LogP contribution in [-0.2, 0) is 5.41 Å². The predicted octanol–water partition coefficient (Wildman–Crippen LogP) is 4.77. The van der Waals surface area contributed by atoms with Crippen molar-refractivity contribution in [1.29, 1.82) is 5.26 Å². The van der Waals surface area contributed by atoms with E-state index in [-0.39, 0.29) is 0 Å². The van der Waals surface area contributed by atoms with E-state index in [2.05, 4.69) is 62.4 Å². The lowest BCUT2D eigenvalue weighted by molar-refractivity contribution is 0.687. The minimum absolute atomic E-state index is 0.430. The first kappa shape index (κ1) is 13.4. The molecular weight excluding hydrogens is 230 g/mol. The van der Waals surface area contributed by atoms with Crippen molar-refractivity contribution in [1.82, 2.24) is 0 Å². The predicted molar refractivity (Wildman–Crippen MR) is 80.0 cm³/mol. The summed E-state index contributed by atoms with van der Waals surface area (Å²) in [7, 11) is 0. The molecule has 2 aromatic carbocycles. The quantitative estimate of drug-likeness (QED) is 0.752. The van der Waals surface area contributed by atoms with E-state index in [1.165, 1.54) is 22.3 Å². The minimum Gasteiger partial charge on any atom is -0.197 e. The molecule has 0 bridgehead atoms. The van der Waals surface area contributed by atoms with Gasteiger partial charge in [0.05, 0.1) is 11.5 Å². The smallest absolute Gasteiger partial charge is 0.0766 e. The minimum atomic E-state index is -0.430. The fraction of sp³-hybridized carbons (Fsp3) is 0.278. The van der Waals surface area contributed by atoms with E-state index in [1.54, 1.807) is 0 Å². The van der Waals surface area contributed by atoms with Crippen molar-refractivity contribution < 1.29 is 0 Å². The van der Waals surface area contributed by atoms with Gasteiger partial charge in [-0.2, -0.15) is 5.26 Å². The monoisotopic (exact) mass is 249 g/mol. The molecule has 0 spiro atoms. The first-order valence-corrected chi connectivity index (χ1v) is 6.53. The zero-order valence-electron chi connectivity index (χ0n) is 12.0. The molecule has 0 N–H and O–H groups in total. The summed E-state index contributed by atoms with van der Waals surface area (Å²) in [6.45, 7) is 8.13. The number of hydrogen-bond acceptors (Lipinski definition) is 1. The van der Waals surface area contributed by atoms with E-state index in [0.29, 0.717) is 0 Å². The molecule has 1 nitrogen and oxygen atoms in total. The van der Waals surface area contributed by atoms with Crippen LogP contribution in [0.1, 0.15) is 30.5 Å². The summed E-state index contributed by atoms with van der Waals surface area (Å²) in [5.74, 6) is 0. The van der Waals surface area contributed by atoms with Gasteiger partial charge in [-0.25, -0.2) is 0 Å². The molecule has 0 aliphatic rings. The van der Waals surface area contributed by atoms with Crippen molar-refractivity contribution in [2.75, 3.05) is 0 Å². The Hall–Kier alpha value is -2.07. The molecule has 0 aromatic heterocycles. The number of aryl methyl sites for hydroxylation is 2. The van der Waals surface area contributed by atoms with Crippen LogP contribution in [0, 0.1) is 25.2 Å². The zero-order valence-corrected chi connectivity index (χ0v) is 12.0. The van der Waals surface area contributed by atoms with Gasteiger partial charge in [-0.3, -0.25) is 0 Å². The van der Waals surface area contributed by atoms with Gasteiger partial charge in [0.2, 0.25) is 0 Å². The molecule has 0 saturated carbocycles. The van der Waals surface area contributed by atoms with Crippen LogP contribution in [0.25, 0.3) is 11.1 Å². The molecule has 0 aliphatic carbocycles. The van der Waals surface area contributed by atoms with Gasteiger partial charge < -0.3 is 0 Å². The summed E-state index contributed by atoms with van der Waals surface area (Å²) in [4.78, 5) is 0. The van der Waals surface area contributed by atoms with Gasteiger partial charge in [0, 0.05) is 0 Å². The molecule has 0 fully saturated rings. The Morgan fingerprint density at radius 1 is 0.947 bits per heavy atom. The molecule has 2 rings (SSSR count). The highest BCUT2D eigenvalue weighted by molar-refractivity contribution is 5.68. The number of nitriles is 1. The average Bonchev–Trinajstić information content (AvgIpc) is 2.39. The lowest BCUT2D eigenvalue weighted by Gasteiger charge is -2.16. The highest BCUT2D eigenvalue weighted by Crippen LogP contribution is 2.28. The maximum Gasteiger partial charge on any atom is 0.0766 e. The molecule has 0 heterocycles. The van der Waals surface area contributed by atoms with E-state index < -0.39 is 5.41 Å². The van der Waals surface area contributed by atoms with Gasteiger partial charge in [0.15, 0.2) is 0 Å². The van der Waals surface area contributed by atoms with Crippen molar-refractivity contribution in [3.05, 3.63) is 59.2 Å². The number of hydrogen-bond donors (Lipinski definition) is 0. The molecule has 0 saturated heterocycles. The molecule has 0 atom stereocenters. The third-order valence-corrected chi connectivity index (χ3v) is 3.58. The third-order valence-electron chi connectivity index (χ3n) is 3.58. The molecule has 0 aliphatic heterocycles. The van der Waals surface area contributed by atoms with E-state index in [9.17, 15) is 0 Å². The zero-order chi connectivity index (χ0) is 14.0. The van der Waals surface area contributed by atoms with Crippen molar-refractivity contribution in [2.24, 2.45) is 0 Å². The highest BCUT2D eigenvalue weighted by atomic mass is 14.3. The normalized spacial score (nSPS) is 11.1. The third kappa shape index (κ3) is 2.69. The SMILES string of the molecule is Cc1ccc(-c2ccc(C(C)(C)C#N)cc2)c(C)c1. The van der Waals surface area contributed by atoms with Gasteiger partial charge in [0.25, 0.3) is 0 Å². The largest absolute Gasteiger partial charge is 0.197 e. The summed E-state index contributed by atoms with van der Waals surface area (Å²) in [5.41, 5.74) is 5.65. The van der Waals surface area contributed by atoms with Gasteiger partial charge in [0.1, 0.15) is 0 Å². The first-order valence-electron chi connectivity index (χ1n) is 6.53. The second-order valence-electron chi connectivity index (χ2n) is 5.63. The second-order valence-corrected chi connectivity index (χ2v) is 5.63. The van der Waals surface area contributed by atoms with Gasteiger partial charge in [-0.1, -0.05) is 48.0 Å². The van der Waals surface area contributed by atoms with Crippen molar-refractivity contribution >= 4 is 0 Å². The molecule has 1 heteroatoms. The molecule has 0 unspecified atom stereocenters. The molecule has 0 radical (unpaired) electrons. The number of nitrogens with zero attached hydrogens (tertiary/aromatic N) is 1. The summed E-state index contributed by atoms with van der Waals surface area (Å²) in [6, 6.07) is 17.1. The maximum absolute atomic E-state index is 9.16. The van der Waals surface area contributed by atoms with Crippen LogP contribution in [0.5, 0.6) is 0 Å². The molecule has 2 aromatic rings. The van der Waals surface area contributed by atoms with Crippen LogP contribution >= 0.6 is 0 Å². The van der Waals surface area contributed by atoms with Crippen LogP contribution in [-0.4, -0.2) is 0 Å². The molecule has 96 valence electrons. The Morgan fingerprint density at radius 2 is 1.58 bits per heavy atom. The fourth-order valence-electron chi connectivity index (χ4n) is 2.27. The van der Waals surface area contributed by atoms with Crippen LogP contribution < -0.4 is 0 Å². The lowest BCUT2D eigenvalue weighted by atomic mass is 9.85. The van der Waals surface area contributed by atoms with E-state index >= 15 is 0 Å². The van der Waals surface area contributed by atoms with Crippen molar-refractivity contribution in [3.8, 4) is 17.2 Å². The average molecular weight is 249 g/mol. The van der Waals surface area contributed by atoms with Gasteiger partial charge >= 0.3 is 0 Å². The van der Waals surface area contributed by atoms with Gasteiger partial charge in [-0.15, -0.1) is 0 Å². The van der Waals surface area contributed by atoms with Gasteiger partial charge in [-0.05, 0) is 49.9 Å². The van der Waals surface area contributed by atoms with Crippen molar-refractivity contribution in [3.63, 3.8) is 0 Å². The van der Waals surface area contributed by atoms with Crippen LogP contribution in [0.4, 0.5) is 0 Å². The van der Waals surface area contributed by atoms with E-state index in [0.717, 1.165) is 5.56 Å². The summed E-state index contributed by atoms with van der Waals surface area (Å²) in [6.07, 6.45) is 0. The molecule has 0 amide bonds. The first-order chi connectivity index (χ1) is 8.94. The van der Waals surface area contributed by atoms with Crippen LogP contribution in [0.15, 0.2) is 42.5 Å². The number of benzene rings is 2. The van der Waals surface area contributed by atoms with Crippen LogP contribution in [0.3, 0.4) is 0 Å². The van der Waals surface area contributed by atoms with Crippen LogP contribution in [0.2, 0.25) is 0 Å². The summed E-state index contributed by atoms with van der Waals surface area (Å²) >= 11 is 0. The standard InChI is InChI=1S/C18H19N/c1-13-5-10-17(14(2)11-13)15-6-8-16(9-7-15)18(3,4)12-19/h5-11H,1-4H3. The lowest BCUT2D eigenvalue weighted by Crippen LogP contribution is -2.13. The maximum atomic E-state index is 9.16. The Morgan fingerprint density at radius 3 is 2.11 bits per heavy atom. The topological polar surface area (TPSA) is 23.8 Å². The number of rotatable bonds is 2. The summed E-state index contributed by atoms with van der Waals surface area (Å²) in [5, 5.41) is 9.16. The molecule has 19 heavy (non-hydrogen) atoms. The second kappa shape index (κ2) is 4.90. The molecular formula is C18H19N. The Balaban J connectivity index is 2.41.